The van der Waals surface area contributed by atoms with Crippen molar-refractivity contribution in [1.82, 2.24) is 20.6 Å². The summed E-state index contributed by atoms with van der Waals surface area (Å²) in [5.41, 5.74) is 4.98. The molecule has 0 unspecified atom stereocenters. The fraction of sp³-hybridized carbons (Fsp3) is 0.217. The molecule has 32 heavy (non-hydrogen) atoms. The molecule has 2 heterocycles. The lowest BCUT2D eigenvalue weighted by Crippen LogP contribution is -2.42. The highest BCUT2D eigenvalue weighted by Gasteiger charge is 2.19. The molecule has 0 saturated carbocycles. The Labute approximate surface area is 188 Å². The molecule has 9 heteroatoms. The van der Waals surface area contributed by atoms with Crippen LogP contribution in [-0.4, -0.2) is 21.6 Å². The summed E-state index contributed by atoms with van der Waals surface area (Å²) >= 11 is 5.96. The molecule has 2 aromatic heterocycles. The van der Waals surface area contributed by atoms with Crippen LogP contribution >= 0.6 is 11.6 Å². The molecule has 8 nitrogen and oxygen atoms in total. The van der Waals surface area contributed by atoms with E-state index in [4.69, 9.17) is 16.0 Å². The number of halogens is 1. The van der Waals surface area contributed by atoms with Gasteiger partial charge in [-0.1, -0.05) is 49.6 Å². The third-order valence-electron chi connectivity index (χ3n) is 5.05. The summed E-state index contributed by atoms with van der Waals surface area (Å²) in [6.45, 7) is 2.47. The summed E-state index contributed by atoms with van der Waals surface area (Å²) in [4.78, 5) is 38.1. The van der Waals surface area contributed by atoms with Gasteiger partial charge in [0.2, 0.25) is 0 Å². The molecule has 2 amide bonds. The first-order chi connectivity index (χ1) is 15.5. The number of hydrogen-bond donors (Lipinski definition) is 2. The topological polar surface area (TPSA) is 106 Å². The number of nitrogens with zero attached hydrogens (tertiary/aromatic N) is 2. The molecule has 0 aliphatic rings. The summed E-state index contributed by atoms with van der Waals surface area (Å²) in [5, 5.41) is 6.26. The van der Waals surface area contributed by atoms with Crippen LogP contribution in [0.3, 0.4) is 0 Å². The summed E-state index contributed by atoms with van der Waals surface area (Å²) < 4.78 is 6.80. The maximum Gasteiger partial charge on any atom is 0.305 e. The van der Waals surface area contributed by atoms with Crippen molar-refractivity contribution < 1.29 is 14.0 Å². The number of fused-ring (bicyclic) bond motifs is 2. The zero-order chi connectivity index (χ0) is 22.7. The number of nitrogens with one attached hydrogen (secondary N) is 2. The second kappa shape index (κ2) is 9.23. The summed E-state index contributed by atoms with van der Waals surface area (Å²) in [6.07, 6.45) is 2.71. The van der Waals surface area contributed by atoms with E-state index in [1.807, 2.05) is 0 Å². The Hall–Kier alpha value is -3.65. The van der Waals surface area contributed by atoms with E-state index in [-0.39, 0.29) is 17.0 Å². The quantitative estimate of drug-likeness (QED) is 0.339. The Morgan fingerprint density at radius 1 is 1.03 bits per heavy atom. The number of amides is 2. The van der Waals surface area contributed by atoms with Crippen molar-refractivity contribution in [3.05, 3.63) is 75.4 Å². The van der Waals surface area contributed by atoms with Crippen LogP contribution in [0, 0.1) is 0 Å². The first kappa shape index (κ1) is 21.6. The first-order valence-corrected chi connectivity index (χ1v) is 10.7. The van der Waals surface area contributed by atoms with Gasteiger partial charge in [0.15, 0.2) is 11.5 Å². The van der Waals surface area contributed by atoms with Crippen molar-refractivity contribution in [2.24, 2.45) is 0 Å². The Morgan fingerprint density at radius 3 is 2.56 bits per heavy atom. The predicted molar refractivity (Wildman–Crippen MR) is 122 cm³/mol. The van der Waals surface area contributed by atoms with E-state index in [9.17, 15) is 14.4 Å². The second-order valence-corrected chi connectivity index (χ2v) is 7.77. The standard InChI is InChI=1S/C23H21ClN4O4/c1-2-3-6-11-28-23(31)17-8-5-4-7-16(17)20(27-28)22(30)26-25-21(29)19-13-14-12-15(24)9-10-18(14)32-19/h4-5,7-10,12-13H,2-3,6,11H2,1H3,(H,25,29)(H,26,30). The van der Waals surface area contributed by atoms with Crippen LogP contribution in [0.4, 0.5) is 0 Å². The molecule has 0 saturated heterocycles. The number of aryl methyl sites for hydroxylation is 1. The molecule has 4 rings (SSSR count). The molecule has 0 spiro atoms. The number of hydrazine groups is 1. The fourth-order valence-electron chi connectivity index (χ4n) is 3.43. The van der Waals surface area contributed by atoms with E-state index in [2.05, 4.69) is 22.9 Å². The van der Waals surface area contributed by atoms with Crippen molar-refractivity contribution >= 4 is 45.2 Å². The monoisotopic (exact) mass is 452 g/mol. The van der Waals surface area contributed by atoms with E-state index in [0.717, 1.165) is 19.3 Å². The number of carbonyl (C=O) groups is 2. The minimum Gasteiger partial charge on any atom is -0.451 e. The molecular formula is C23H21ClN4O4. The molecule has 0 aliphatic carbocycles. The van der Waals surface area contributed by atoms with Crippen LogP contribution in [0.5, 0.6) is 0 Å². The van der Waals surface area contributed by atoms with Gasteiger partial charge in [0.25, 0.3) is 11.5 Å². The third-order valence-corrected chi connectivity index (χ3v) is 5.28. The Morgan fingerprint density at radius 2 is 1.78 bits per heavy atom. The van der Waals surface area contributed by atoms with Crippen molar-refractivity contribution in [2.45, 2.75) is 32.7 Å². The van der Waals surface area contributed by atoms with E-state index >= 15 is 0 Å². The minimum atomic E-state index is -0.641. The van der Waals surface area contributed by atoms with Crippen molar-refractivity contribution in [3.63, 3.8) is 0 Å². The number of hydrogen-bond acceptors (Lipinski definition) is 5. The summed E-state index contributed by atoms with van der Waals surface area (Å²) in [5.74, 6) is -1.26. The molecule has 164 valence electrons. The highest BCUT2D eigenvalue weighted by Crippen LogP contribution is 2.23. The Balaban J connectivity index is 1.56. The van der Waals surface area contributed by atoms with E-state index in [0.29, 0.717) is 33.3 Å². The Bertz CT molecular complexity index is 1380. The van der Waals surface area contributed by atoms with Crippen LogP contribution in [0.2, 0.25) is 5.02 Å². The van der Waals surface area contributed by atoms with Gasteiger partial charge >= 0.3 is 5.91 Å². The lowest BCUT2D eigenvalue weighted by Gasteiger charge is -2.11. The normalized spacial score (nSPS) is 11.1. The van der Waals surface area contributed by atoms with Gasteiger partial charge in [0.1, 0.15) is 5.58 Å². The van der Waals surface area contributed by atoms with Crippen molar-refractivity contribution in [2.75, 3.05) is 0 Å². The molecule has 0 atom stereocenters. The number of aromatic nitrogens is 2. The molecule has 2 N–H and O–H groups in total. The van der Waals surface area contributed by atoms with Crippen LogP contribution in [0.1, 0.15) is 47.2 Å². The largest absolute Gasteiger partial charge is 0.451 e. The van der Waals surface area contributed by atoms with Gasteiger partial charge < -0.3 is 4.42 Å². The number of furan rings is 1. The molecule has 4 aromatic rings. The molecule has 2 aromatic carbocycles. The summed E-state index contributed by atoms with van der Waals surface area (Å²) in [7, 11) is 0. The number of carbonyl (C=O) groups excluding carboxylic acids is 2. The number of unbranched alkanes of at least 4 members (excludes halogenated alkanes) is 2. The van der Waals surface area contributed by atoms with Crippen LogP contribution in [0.15, 0.2) is 57.7 Å². The third kappa shape index (κ3) is 4.36. The number of benzene rings is 2. The van der Waals surface area contributed by atoms with Crippen LogP contribution in [-0.2, 0) is 6.54 Å². The van der Waals surface area contributed by atoms with Gasteiger partial charge in [-0.2, -0.15) is 5.10 Å². The SMILES string of the molecule is CCCCCn1nc(C(=O)NNC(=O)c2cc3cc(Cl)ccc3o2)c2ccccc2c1=O. The average Bonchev–Trinajstić information content (AvgIpc) is 3.22. The van der Waals surface area contributed by atoms with E-state index in [1.54, 1.807) is 42.5 Å². The Kier molecular flexibility index (Phi) is 6.23. The maximum absolute atomic E-state index is 12.9. The van der Waals surface area contributed by atoms with Gasteiger partial charge in [-0.05, 0) is 36.8 Å². The molecule has 0 bridgehead atoms. The van der Waals surface area contributed by atoms with Crippen molar-refractivity contribution in [1.29, 1.82) is 0 Å². The van der Waals surface area contributed by atoms with Gasteiger partial charge in [0.05, 0.1) is 5.39 Å². The second-order valence-electron chi connectivity index (χ2n) is 7.33. The first-order valence-electron chi connectivity index (χ1n) is 10.3. The minimum absolute atomic E-state index is 0.0184. The zero-order valence-electron chi connectivity index (χ0n) is 17.4. The van der Waals surface area contributed by atoms with Gasteiger partial charge in [-0.25, -0.2) is 4.68 Å². The van der Waals surface area contributed by atoms with E-state index < -0.39 is 11.8 Å². The van der Waals surface area contributed by atoms with Crippen molar-refractivity contribution in [3.8, 4) is 0 Å². The van der Waals surface area contributed by atoms with Crippen LogP contribution in [0.25, 0.3) is 21.7 Å². The molecule has 0 fully saturated rings. The fourth-order valence-corrected chi connectivity index (χ4v) is 3.61. The van der Waals surface area contributed by atoms with Gasteiger partial charge in [-0.3, -0.25) is 25.2 Å². The lowest BCUT2D eigenvalue weighted by molar-refractivity contribution is 0.0829. The van der Waals surface area contributed by atoms with Gasteiger partial charge in [-0.15, -0.1) is 0 Å². The lowest BCUT2D eigenvalue weighted by atomic mass is 10.1. The summed E-state index contributed by atoms with van der Waals surface area (Å²) in [6, 6.07) is 13.3. The molecular weight excluding hydrogens is 432 g/mol. The molecule has 0 radical (unpaired) electrons. The van der Waals surface area contributed by atoms with Gasteiger partial charge in [0, 0.05) is 22.3 Å². The highest BCUT2D eigenvalue weighted by atomic mass is 35.5. The predicted octanol–water partition coefficient (Wildman–Crippen LogP) is 4.06. The van der Waals surface area contributed by atoms with E-state index in [1.165, 1.54) is 10.7 Å². The van der Waals surface area contributed by atoms with Crippen LogP contribution < -0.4 is 16.4 Å². The number of rotatable bonds is 6. The zero-order valence-corrected chi connectivity index (χ0v) is 18.1. The highest BCUT2D eigenvalue weighted by molar-refractivity contribution is 6.31. The smallest absolute Gasteiger partial charge is 0.305 e. The molecule has 0 aliphatic heterocycles. The average molecular weight is 453 g/mol. The maximum atomic E-state index is 12.9.